The van der Waals surface area contributed by atoms with Gasteiger partial charge in [-0.1, -0.05) is 12.1 Å². The molecule has 0 spiro atoms. The average molecular weight is 419 g/mol. The van der Waals surface area contributed by atoms with Crippen molar-refractivity contribution in [3.63, 3.8) is 0 Å². The van der Waals surface area contributed by atoms with Gasteiger partial charge in [0, 0.05) is 11.8 Å². The van der Waals surface area contributed by atoms with Gasteiger partial charge in [0.1, 0.15) is 0 Å². The number of ether oxygens (including phenoxy) is 2. The summed E-state index contributed by atoms with van der Waals surface area (Å²) < 4.78 is 38.9. The van der Waals surface area contributed by atoms with Crippen LogP contribution in [0.5, 0.6) is 0 Å². The highest BCUT2D eigenvalue weighted by Gasteiger charge is 2.36. The molecule has 0 atom stereocenters. The molecule has 4 rings (SSSR count). The van der Waals surface area contributed by atoms with Crippen molar-refractivity contribution in [1.82, 2.24) is 0 Å². The molecule has 0 radical (unpaired) electrons. The molecule has 1 aliphatic heterocycles. The van der Waals surface area contributed by atoms with Crippen molar-refractivity contribution in [1.29, 1.82) is 0 Å². The van der Waals surface area contributed by atoms with Crippen molar-refractivity contribution in [3.8, 4) is 0 Å². The van der Waals surface area contributed by atoms with Gasteiger partial charge in [-0.2, -0.15) is 0 Å². The van der Waals surface area contributed by atoms with Crippen LogP contribution >= 0.6 is 0 Å². The second kappa shape index (κ2) is 10.4. The second-order valence-electron chi connectivity index (χ2n) is 9.73. The summed E-state index contributed by atoms with van der Waals surface area (Å²) >= 11 is 0. The number of benzene rings is 1. The van der Waals surface area contributed by atoms with Gasteiger partial charge in [0.05, 0.1) is 13.2 Å². The number of hydrogen-bond donors (Lipinski definition) is 0. The van der Waals surface area contributed by atoms with Crippen LogP contribution in [0.1, 0.15) is 75.7 Å². The first-order chi connectivity index (χ1) is 14.6. The summed E-state index contributed by atoms with van der Waals surface area (Å²) in [6.45, 7) is 5.45. The van der Waals surface area contributed by atoms with E-state index in [0.29, 0.717) is 17.8 Å². The lowest BCUT2D eigenvalue weighted by Gasteiger charge is -2.41. The zero-order valence-electron chi connectivity index (χ0n) is 18.0. The molecule has 0 bridgehead atoms. The highest BCUT2D eigenvalue weighted by Crippen LogP contribution is 2.45. The van der Waals surface area contributed by atoms with Crippen LogP contribution in [0, 0.1) is 35.3 Å². The number of rotatable bonds is 6. The van der Waals surface area contributed by atoms with Crippen molar-refractivity contribution in [2.75, 3.05) is 13.2 Å². The van der Waals surface area contributed by atoms with E-state index in [1.54, 1.807) is 6.07 Å². The zero-order chi connectivity index (χ0) is 20.9. The molecule has 0 unspecified atom stereocenters. The Labute approximate surface area is 180 Å². The van der Waals surface area contributed by atoms with Crippen molar-refractivity contribution in [2.45, 2.75) is 76.4 Å². The average Bonchev–Trinajstić information content (AvgIpc) is 2.80. The molecule has 1 saturated heterocycles. The number of allylic oxidation sites excluding steroid dienone is 1. The summed E-state index contributed by atoms with van der Waals surface area (Å²) in [6.07, 6.45) is 13.7. The molecule has 1 aromatic carbocycles. The quantitative estimate of drug-likeness (QED) is 0.463. The largest absolute Gasteiger partial charge is 0.352 e. The fraction of sp³-hybridized carbons (Fsp3) is 0.692. The molecule has 2 aliphatic carbocycles. The molecule has 2 nitrogen and oxygen atoms in total. The molecule has 2 saturated carbocycles. The zero-order valence-corrected chi connectivity index (χ0v) is 18.0. The first-order valence-corrected chi connectivity index (χ1v) is 11.9. The van der Waals surface area contributed by atoms with Gasteiger partial charge < -0.3 is 9.47 Å². The maximum absolute atomic E-state index is 13.6. The normalized spacial score (nSPS) is 35.1. The summed E-state index contributed by atoms with van der Waals surface area (Å²) in [5, 5.41) is 0. The molecule has 30 heavy (non-hydrogen) atoms. The summed E-state index contributed by atoms with van der Waals surface area (Å²) in [4.78, 5) is 0. The third-order valence-corrected chi connectivity index (χ3v) is 7.83. The standard InChI is InChI=1S/C26H36F2O2/c1-2-3-4-18-16-29-26(30-17-18)22-11-9-20(10-12-22)19-5-7-21(8-6-19)23-13-14-24(27)25(28)15-23/h2,13-15,18-22,26H,1,3-12,16-17H2/t18-,19-,20-,21-,22-,26-. The Morgan fingerprint density at radius 3 is 2.03 bits per heavy atom. The first-order valence-electron chi connectivity index (χ1n) is 11.9. The molecule has 1 heterocycles. The smallest absolute Gasteiger partial charge is 0.160 e. The maximum Gasteiger partial charge on any atom is 0.160 e. The molecule has 0 amide bonds. The van der Waals surface area contributed by atoms with Gasteiger partial charge in [0.15, 0.2) is 17.9 Å². The van der Waals surface area contributed by atoms with E-state index < -0.39 is 11.6 Å². The van der Waals surface area contributed by atoms with Gasteiger partial charge in [-0.3, -0.25) is 0 Å². The fourth-order valence-corrected chi connectivity index (χ4v) is 5.93. The van der Waals surface area contributed by atoms with E-state index in [9.17, 15) is 8.78 Å². The summed E-state index contributed by atoms with van der Waals surface area (Å²) in [7, 11) is 0. The molecule has 166 valence electrons. The maximum atomic E-state index is 13.6. The Morgan fingerprint density at radius 1 is 0.833 bits per heavy atom. The Balaban J connectivity index is 1.19. The lowest BCUT2D eigenvalue weighted by atomic mass is 9.68. The summed E-state index contributed by atoms with van der Waals surface area (Å²) in [5.41, 5.74) is 0.967. The highest BCUT2D eigenvalue weighted by atomic mass is 19.2. The molecular weight excluding hydrogens is 382 g/mol. The van der Waals surface area contributed by atoms with Crippen molar-refractivity contribution in [3.05, 3.63) is 48.1 Å². The summed E-state index contributed by atoms with van der Waals surface area (Å²) in [6, 6.07) is 4.44. The van der Waals surface area contributed by atoms with Crippen LogP contribution in [-0.2, 0) is 9.47 Å². The molecule has 0 N–H and O–H groups in total. The molecule has 3 fully saturated rings. The number of halogens is 2. The van der Waals surface area contributed by atoms with E-state index in [1.807, 2.05) is 6.08 Å². The summed E-state index contributed by atoms with van der Waals surface area (Å²) in [5.74, 6) is 1.56. The molecule has 4 heteroatoms. The minimum atomic E-state index is -0.748. The minimum Gasteiger partial charge on any atom is -0.352 e. The molecule has 3 aliphatic rings. The van der Waals surface area contributed by atoms with Gasteiger partial charge in [-0.15, -0.1) is 6.58 Å². The van der Waals surface area contributed by atoms with Crippen LogP contribution in [0.15, 0.2) is 30.9 Å². The Bertz CT molecular complexity index is 682. The number of hydrogen-bond acceptors (Lipinski definition) is 2. The monoisotopic (exact) mass is 418 g/mol. The molecule has 0 aromatic heterocycles. The lowest BCUT2D eigenvalue weighted by molar-refractivity contribution is -0.230. The highest BCUT2D eigenvalue weighted by molar-refractivity contribution is 5.22. The van der Waals surface area contributed by atoms with Gasteiger partial charge >= 0.3 is 0 Å². The van der Waals surface area contributed by atoms with E-state index in [-0.39, 0.29) is 6.29 Å². The van der Waals surface area contributed by atoms with Gasteiger partial charge in [-0.25, -0.2) is 8.78 Å². The Hall–Kier alpha value is -1.26. The van der Waals surface area contributed by atoms with Crippen LogP contribution in [-0.4, -0.2) is 19.5 Å². The van der Waals surface area contributed by atoms with Gasteiger partial charge in [0.25, 0.3) is 0 Å². The van der Waals surface area contributed by atoms with Crippen LogP contribution in [0.2, 0.25) is 0 Å². The van der Waals surface area contributed by atoms with Crippen LogP contribution in [0.25, 0.3) is 0 Å². The van der Waals surface area contributed by atoms with Gasteiger partial charge in [0.2, 0.25) is 0 Å². The fourth-order valence-electron chi connectivity index (χ4n) is 5.93. The first kappa shape index (κ1) is 22.0. The van der Waals surface area contributed by atoms with Crippen molar-refractivity contribution in [2.24, 2.45) is 23.7 Å². The van der Waals surface area contributed by atoms with Crippen LogP contribution in [0.4, 0.5) is 8.78 Å². The molecular formula is C26H36F2O2. The lowest BCUT2D eigenvalue weighted by Crippen LogP contribution is -2.39. The van der Waals surface area contributed by atoms with E-state index in [0.717, 1.165) is 56.3 Å². The van der Waals surface area contributed by atoms with Crippen molar-refractivity contribution < 1.29 is 18.3 Å². The predicted octanol–water partition coefficient (Wildman–Crippen LogP) is 7.00. The third kappa shape index (κ3) is 5.31. The van der Waals surface area contributed by atoms with Crippen LogP contribution < -0.4 is 0 Å². The van der Waals surface area contributed by atoms with Crippen molar-refractivity contribution >= 4 is 0 Å². The van der Waals surface area contributed by atoms with E-state index in [4.69, 9.17) is 9.47 Å². The Morgan fingerprint density at radius 2 is 1.43 bits per heavy atom. The predicted molar refractivity (Wildman–Crippen MR) is 115 cm³/mol. The van der Waals surface area contributed by atoms with E-state index in [2.05, 4.69) is 6.58 Å². The third-order valence-electron chi connectivity index (χ3n) is 7.83. The van der Waals surface area contributed by atoms with E-state index in [1.165, 1.54) is 50.7 Å². The SMILES string of the molecule is C=CCC[C@H]1CO[C@H]([C@H]2CC[C@H]([C@H]3CC[C@H](c4ccc(F)c(F)c4)CC3)CC2)OC1. The van der Waals surface area contributed by atoms with Crippen LogP contribution in [0.3, 0.4) is 0 Å². The van der Waals surface area contributed by atoms with Gasteiger partial charge in [-0.05, 0) is 99.7 Å². The Kier molecular flexibility index (Phi) is 7.59. The molecule has 1 aromatic rings. The topological polar surface area (TPSA) is 18.5 Å². The second-order valence-corrected chi connectivity index (χ2v) is 9.73. The minimum absolute atomic E-state index is 0.00459. The van der Waals surface area contributed by atoms with E-state index >= 15 is 0 Å².